The largest absolute Gasteiger partial charge is 0.476 e. The minimum absolute atomic E-state index is 0.0127. The molecule has 0 atom stereocenters. The number of aromatic nitrogens is 1. The van der Waals surface area contributed by atoms with Gasteiger partial charge in [-0.15, -0.1) is 0 Å². The van der Waals surface area contributed by atoms with Gasteiger partial charge in [-0.1, -0.05) is 0 Å². The van der Waals surface area contributed by atoms with Gasteiger partial charge >= 0.3 is 0 Å². The topological polar surface area (TPSA) is 71.5 Å². The van der Waals surface area contributed by atoms with Crippen LogP contribution >= 0.6 is 0 Å². The molecule has 88 valence electrons. The van der Waals surface area contributed by atoms with E-state index in [0.717, 1.165) is 0 Å². The Balaban J connectivity index is 2.61. The first kappa shape index (κ1) is 12.4. The zero-order valence-corrected chi connectivity index (χ0v) is 9.27. The van der Waals surface area contributed by atoms with E-state index < -0.39 is 0 Å². The third kappa shape index (κ3) is 3.86. The van der Waals surface area contributed by atoms with Crippen molar-refractivity contribution in [2.75, 3.05) is 18.5 Å². The number of aliphatic hydroxyl groups excluding tert-OH is 1. The number of nitrogens with zero attached hydrogens (tertiary/aromatic N) is 1. The van der Waals surface area contributed by atoms with Gasteiger partial charge in [0.15, 0.2) is 0 Å². The van der Waals surface area contributed by atoms with Crippen molar-refractivity contribution >= 4 is 11.6 Å². The van der Waals surface area contributed by atoms with E-state index in [0.29, 0.717) is 24.6 Å². The van der Waals surface area contributed by atoms with E-state index in [1.54, 1.807) is 18.3 Å². The van der Waals surface area contributed by atoms with Gasteiger partial charge in [-0.25, -0.2) is 4.98 Å². The van der Waals surface area contributed by atoms with Crippen molar-refractivity contribution in [1.29, 1.82) is 0 Å². The Kier molecular flexibility index (Phi) is 5.28. The first-order valence-electron chi connectivity index (χ1n) is 5.26. The minimum Gasteiger partial charge on any atom is -0.476 e. The summed E-state index contributed by atoms with van der Waals surface area (Å²) in [5.41, 5.74) is 0.562. The van der Waals surface area contributed by atoms with E-state index in [4.69, 9.17) is 9.84 Å². The van der Waals surface area contributed by atoms with Crippen LogP contribution < -0.4 is 10.1 Å². The first-order chi connectivity index (χ1) is 7.77. The molecule has 0 fully saturated rings. The van der Waals surface area contributed by atoms with E-state index in [1.807, 2.05) is 6.92 Å². The number of ether oxygens (including phenoxy) is 1. The Labute approximate surface area is 94.5 Å². The molecule has 1 aromatic heterocycles. The average molecular weight is 224 g/mol. The third-order valence-corrected chi connectivity index (χ3v) is 1.89. The molecule has 0 radical (unpaired) electrons. The maximum Gasteiger partial charge on any atom is 0.237 e. The van der Waals surface area contributed by atoms with Crippen LogP contribution in [0.4, 0.5) is 5.69 Å². The molecule has 0 aliphatic carbocycles. The van der Waals surface area contributed by atoms with Crippen molar-refractivity contribution in [2.45, 2.75) is 19.8 Å². The lowest BCUT2D eigenvalue weighted by Crippen LogP contribution is -2.13. The van der Waals surface area contributed by atoms with Gasteiger partial charge in [-0.05, 0) is 25.5 Å². The molecule has 0 saturated carbocycles. The predicted octanol–water partition coefficient (Wildman–Crippen LogP) is 1.19. The molecular weight excluding hydrogens is 208 g/mol. The molecule has 0 bridgehead atoms. The molecule has 0 aliphatic heterocycles. The maximum absolute atomic E-state index is 11.4. The number of nitrogens with one attached hydrogen (secondary N) is 1. The average Bonchev–Trinajstić information content (AvgIpc) is 2.29. The number of aliphatic hydroxyl groups is 1. The van der Waals surface area contributed by atoms with E-state index in [9.17, 15) is 4.79 Å². The van der Waals surface area contributed by atoms with Crippen LogP contribution in [0.5, 0.6) is 5.88 Å². The fourth-order valence-electron chi connectivity index (χ4n) is 1.19. The summed E-state index contributed by atoms with van der Waals surface area (Å²) in [7, 11) is 0. The van der Waals surface area contributed by atoms with Crippen molar-refractivity contribution in [2.24, 2.45) is 0 Å². The SMILES string of the molecule is CCOc1ncccc1NC(=O)CCCO. The lowest BCUT2D eigenvalue weighted by Gasteiger charge is -2.09. The minimum atomic E-state index is -0.150. The number of hydrogen-bond donors (Lipinski definition) is 2. The summed E-state index contributed by atoms with van der Waals surface area (Å²) in [6, 6.07) is 3.46. The van der Waals surface area contributed by atoms with Gasteiger partial charge in [0.05, 0.1) is 6.61 Å². The second kappa shape index (κ2) is 6.79. The normalized spacial score (nSPS) is 9.88. The van der Waals surface area contributed by atoms with Crippen LogP contribution in [0.2, 0.25) is 0 Å². The molecule has 0 unspecified atom stereocenters. The van der Waals surface area contributed by atoms with Crippen molar-refractivity contribution in [3.8, 4) is 5.88 Å². The molecule has 2 N–H and O–H groups in total. The molecule has 5 nitrogen and oxygen atoms in total. The van der Waals surface area contributed by atoms with Crippen molar-refractivity contribution < 1.29 is 14.6 Å². The highest BCUT2D eigenvalue weighted by Crippen LogP contribution is 2.20. The van der Waals surface area contributed by atoms with Crippen LogP contribution in [0.15, 0.2) is 18.3 Å². The Bertz CT molecular complexity index is 342. The maximum atomic E-state index is 11.4. The Hall–Kier alpha value is -1.62. The highest BCUT2D eigenvalue weighted by atomic mass is 16.5. The zero-order valence-electron chi connectivity index (χ0n) is 9.27. The van der Waals surface area contributed by atoms with E-state index in [-0.39, 0.29) is 18.9 Å². The highest BCUT2D eigenvalue weighted by molar-refractivity contribution is 5.91. The summed E-state index contributed by atoms with van der Waals surface area (Å²) >= 11 is 0. The van der Waals surface area contributed by atoms with Crippen LogP contribution in [0, 0.1) is 0 Å². The standard InChI is InChI=1S/C11H16N2O3/c1-2-16-11-9(5-3-7-12-11)13-10(15)6-4-8-14/h3,5,7,14H,2,4,6,8H2,1H3,(H,13,15). The summed E-state index contributed by atoms with van der Waals surface area (Å²) in [5.74, 6) is 0.269. The monoisotopic (exact) mass is 224 g/mol. The number of rotatable bonds is 6. The molecule has 0 saturated heterocycles. The van der Waals surface area contributed by atoms with E-state index in [1.165, 1.54) is 0 Å². The zero-order chi connectivity index (χ0) is 11.8. The van der Waals surface area contributed by atoms with Gasteiger partial charge < -0.3 is 15.2 Å². The molecule has 1 aromatic rings. The Morgan fingerprint density at radius 1 is 1.62 bits per heavy atom. The second-order valence-electron chi connectivity index (χ2n) is 3.16. The van der Waals surface area contributed by atoms with E-state index >= 15 is 0 Å². The van der Waals surface area contributed by atoms with Gasteiger partial charge in [0.25, 0.3) is 0 Å². The predicted molar refractivity (Wildman–Crippen MR) is 60.4 cm³/mol. The van der Waals surface area contributed by atoms with Gasteiger partial charge in [-0.2, -0.15) is 0 Å². The molecule has 0 aromatic carbocycles. The quantitative estimate of drug-likeness (QED) is 0.761. The van der Waals surface area contributed by atoms with Crippen LogP contribution in [0.3, 0.4) is 0 Å². The van der Waals surface area contributed by atoms with Crippen LogP contribution in [-0.4, -0.2) is 29.2 Å². The first-order valence-corrected chi connectivity index (χ1v) is 5.26. The number of pyridine rings is 1. The number of carbonyl (C=O) groups is 1. The molecule has 1 amide bonds. The summed E-state index contributed by atoms with van der Waals surface area (Å²) in [6.07, 6.45) is 2.35. The number of carbonyl (C=O) groups excluding carboxylic acids is 1. The molecule has 0 spiro atoms. The number of hydrogen-bond acceptors (Lipinski definition) is 4. The number of amides is 1. The van der Waals surface area contributed by atoms with Crippen LogP contribution in [0.25, 0.3) is 0 Å². The summed E-state index contributed by atoms with van der Waals surface area (Å²) < 4.78 is 5.27. The Morgan fingerprint density at radius 2 is 2.44 bits per heavy atom. The Morgan fingerprint density at radius 3 is 3.12 bits per heavy atom. The van der Waals surface area contributed by atoms with Gasteiger partial charge in [0.1, 0.15) is 5.69 Å². The lowest BCUT2D eigenvalue weighted by molar-refractivity contribution is -0.116. The molecular formula is C11H16N2O3. The van der Waals surface area contributed by atoms with Gasteiger partial charge in [0, 0.05) is 19.2 Å². The summed E-state index contributed by atoms with van der Waals surface area (Å²) in [6.45, 7) is 2.36. The van der Waals surface area contributed by atoms with Gasteiger partial charge in [-0.3, -0.25) is 4.79 Å². The van der Waals surface area contributed by atoms with Crippen LogP contribution in [-0.2, 0) is 4.79 Å². The van der Waals surface area contributed by atoms with Crippen molar-refractivity contribution in [3.05, 3.63) is 18.3 Å². The lowest BCUT2D eigenvalue weighted by atomic mass is 10.3. The molecule has 0 aliphatic rings. The molecule has 16 heavy (non-hydrogen) atoms. The molecule has 5 heteroatoms. The van der Waals surface area contributed by atoms with Crippen LogP contribution in [0.1, 0.15) is 19.8 Å². The molecule has 1 rings (SSSR count). The smallest absolute Gasteiger partial charge is 0.237 e. The van der Waals surface area contributed by atoms with Gasteiger partial charge in [0.2, 0.25) is 11.8 Å². The van der Waals surface area contributed by atoms with E-state index in [2.05, 4.69) is 10.3 Å². The third-order valence-electron chi connectivity index (χ3n) is 1.89. The van der Waals surface area contributed by atoms with Crippen molar-refractivity contribution in [1.82, 2.24) is 4.98 Å². The highest BCUT2D eigenvalue weighted by Gasteiger charge is 2.07. The fourth-order valence-corrected chi connectivity index (χ4v) is 1.19. The fraction of sp³-hybridized carbons (Fsp3) is 0.455. The van der Waals surface area contributed by atoms with Crippen molar-refractivity contribution in [3.63, 3.8) is 0 Å². The summed E-state index contributed by atoms with van der Waals surface area (Å²) in [5, 5.41) is 11.3. The second-order valence-corrected chi connectivity index (χ2v) is 3.16. The number of anilines is 1. The summed E-state index contributed by atoms with van der Waals surface area (Å²) in [4.78, 5) is 15.4. The molecule has 1 heterocycles.